The van der Waals surface area contributed by atoms with Crippen LogP contribution in [0.15, 0.2) is 18.2 Å². The molecule has 0 aliphatic carbocycles. The average molecular weight is 247 g/mol. The highest BCUT2D eigenvalue weighted by atomic mass is 16.2. The summed E-state index contributed by atoms with van der Waals surface area (Å²) in [5.74, 6) is 0.178. The minimum atomic E-state index is 0.178. The first-order valence-corrected chi connectivity index (χ1v) is 6.96. The maximum absolute atomic E-state index is 12.5. The lowest BCUT2D eigenvalue weighted by Crippen LogP contribution is -2.32. The van der Waals surface area contributed by atoms with Gasteiger partial charge < -0.3 is 4.90 Å². The summed E-state index contributed by atoms with van der Waals surface area (Å²) < 4.78 is 0. The van der Waals surface area contributed by atoms with Crippen molar-refractivity contribution in [2.24, 2.45) is 0 Å². The van der Waals surface area contributed by atoms with Gasteiger partial charge in [-0.1, -0.05) is 37.5 Å². The van der Waals surface area contributed by atoms with E-state index in [0.29, 0.717) is 0 Å². The minimum Gasteiger partial charge on any atom is -0.339 e. The lowest BCUT2D eigenvalue weighted by molar-refractivity contribution is 0.0753. The maximum atomic E-state index is 12.5. The van der Waals surface area contributed by atoms with Gasteiger partial charge in [-0.15, -0.1) is 0 Å². The quantitative estimate of drug-likeness (QED) is 0.745. The molecular formula is C16H25NO. The topological polar surface area (TPSA) is 20.3 Å². The first-order valence-electron chi connectivity index (χ1n) is 6.96. The van der Waals surface area contributed by atoms with Gasteiger partial charge >= 0.3 is 0 Å². The molecule has 1 aromatic carbocycles. The molecule has 1 rings (SSSR count). The third-order valence-electron chi connectivity index (χ3n) is 3.03. The predicted octanol–water partition coefficient (Wildman–Crippen LogP) is 3.96. The van der Waals surface area contributed by atoms with Crippen LogP contribution in [0.5, 0.6) is 0 Å². The third kappa shape index (κ3) is 4.17. The molecule has 0 saturated carbocycles. The monoisotopic (exact) mass is 247 g/mol. The Morgan fingerprint density at radius 1 is 1.00 bits per heavy atom. The number of nitrogens with zero attached hydrogens (tertiary/aromatic N) is 1. The van der Waals surface area contributed by atoms with Crippen LogP contribution >= 0.6 is 0 Å². The van der Waals surface area contributed by atoms with Crippen molar-refractivity contribution in [1.29, 1.82) is 0 Å². The van der Waals surface area contributed by atoms with E-state index in [0.717, 1.165) is 49.0 Å². The SMILES string of the molecule is CCCCN(CCC)C(=O)c1cc(C)cc(C)c1. The van der Waals surface area contributed by atoms with Crippen molar-refractivity contribution in [3.8, 4) is 0 Å². The van der Waals surface area contributed by atoms with Crippen LogP contribution < -0.4 is 0 Å². The molecule has 2 nitrogen and oxygen atoms in total. The summed E-state index contributed by atoms with van der Waals surface area (Å²) in [4.78, 5) is 14.5. The number of aryl methyl sites for hydroxylation is 2. The highest BCUT2D eigenvalue weighted by molar-refractivity contribution is 5.94. The Kier molecular flexibility index (Phi) is 5.90. The summed E-state index contributed by atoms with van der Waals surface area (Å²) in [6.45, 7) is 10.1. The molecule has 18 heavy (non-hydrogen) atoms. The smallest absolute Gasteiger partial charge is 0.253 e. The normalized spacial score (nSPS) is 10.4. The predicted molar refractivity (Wildman–Crippen MR) is 77.0 cm³/mol. The van der Waals surface area contributed by atoms with E-state index >= 15 is 0 Å². The summed E-state index contributed by atoms with van der Waals surface area (Å²) in [6.07, 6.45) is 3.22. The average Bonchev–Trinajstić information content (AvgIpc) is 2.32. The Hall–Kier alpha value is -1.31. The first-order chi connectivity index (χ1) is 8.58. The molecule has 0 unspecified atom stereocenters. The molecule has 0 aliphatic rings. The molecule has 0 aliphatic heterocycles. The van der Waals surface area contributed by atoms with E-state index in [1.54, 1.807) is 0 Å². The fraction of sp³-hybridized carbons (Fsp3) is 0.562. The molecule has 1 amide bonds. The summed E-state index contributed by atoms with van der Waals surface area (Å²) >= 11 is 0. The van der Waals surface area contributed by atoms with Gasteiger partial charge in [-0.05, 0) is 38.8 Å². The van der Waals surface area contributed by atoms with Gasteiger partial charge in [0.2, 0.25) is 0 Å². The Balaban J connectivity index is 2.86. The van der Waals surface area contributed by atoms with Gasteiger partial charge in [0, 0.05) is 18.7 Å². The van der Waals surface area contributed by atoms with Crippen molar-refractivity contribution in [1.82, 2.24) is 4.90 Å². The second kappa shape index (κ2) is 7.20. The number of carbonyl (C=O) groups excluding carboxylic acids is 1. The molecule has 0 atom stereocenters. The summed E-state index contributed by atoms with van der Waals surface area (Å²) in [6, 6.07) is 6.08. The number of unbranched alkanes of at least 4 members (excludes halogenated alkanes) is 1. The van der Waals surface area contributed by atoms with Gasteiger partial charge in [-0.25, -0.2) is 0 Å². The van der Waals surface area contributed by atoms with E-state index in [1.165, 1.54) is 0 Å². The Morgan fingerprint density at radius 3 is 2.11 bits per heavy atom. The van der Waals surface area contributed by atoms with Crippen molar-refractivity contribution in [2.75, 3.05) is 13.1 Å². The van der Waals surface area contributed by atoms with Crippen LogP contribution in [0.2, 0.25) is 0 Å². The minimum absolute atomic E-state index is 0.178. The van der Waals surface area contributed by atoms with E-state index in [2.05, 4.69) is 19.9 Å². The van der Waals surface area contributed by atoms with Crippen LogP contribution in [0.1, 0.15) is 54.6 Å². The van der Waals surface area contributed by atoms with Crippen molar-refractivity contribution < 1.29 is 4.79 Å². The molecule has 0 heterocycles. The number of rotatable bonds is 6. The lowest BCUT2D eigenvalue weighted by Gasteiger charge is -2.22. The van der Waals surface area contributed by atoms with Gasteiger partial charge in [-0.2, -0.15) is 0 Å². The largest absolute Gasteiger partial charge is 0.339 e. The van der Waals surface area contributed by atoms with Gasteiger partial charge in [0.1, 0.15) is 0 Å². The standard InChI is InChI=1S/C16H25NO/c1-5-7-9-17(8-6-2)16(18)15-11-13(3)10-14(4)12-15/h10-12H,5-9H2,1-4H3. The number of carbonyl (C=O) groups is 1. The second-order valence-electron chi connectivity index (χ2n) is 5.02. The molecule has 0 spiro atoms. The molecular weight excluding hydrogens is 222 g/mol. The molecule has 0 saturated heterocycles. The number of amides is 1. The zero-order valence-corrected chi connectivity index (χ0v) is 12.1. The molecule has 100 valence electrons. The summed E-state index contributed by atoms with van der Waals surface area (Å²) in [5.41, 5.74) is 3.15. The number of hydrogen-bond donors (Lipinski definition) is 0. The van der Waals surface area contributed by atoms with Crippen LogP contribution in [0.3, 0.4) is 0 Å². The third-order valence-corrected chi connectivity index (χ3v) is 3.03. The van der Waals surface area contributed by atoms with Crippen LogP contribution in [0, 0.1) is 13.8 Å². The summed E-state index contributed by atoms with van der Waals surface area (Å²) in [5, 5.41) is 0. The zero-order valence-electron chi connectivity index (χ0n) is 12.1. The van der Waals surface area contributed by atoms with E-state index in [-0.39, 0.29) is 5.91 Å². The fourth-order valence-electron chi connectivity index (χ4n) is 2.21. The molecule has 1 aromatic rings. The highest BCUT2D eigenvalue weighted by Gasteiger charge is 2.14. The lowest BCUT2D eigenvalue weighted by atomic mass is 10.1. The van der Waals surface area contributed by atoms with Crippen LogP contribution in [0.4, 0.5) is 0 Å². The zero-order chi connectivity index (χ0) is 13.5. The molecule has 0 aromatic heterocycles. The van der Waals surface area contributed by atoms with E-state index < -0.39 is 0 Å². The van der Waals surface area contributed by atoms with Crippen LogP contribution in [-0.2, 0) is 0 Å². The van der Waals surface area contributed by atoms with Crippen LogP contribution in [-0.4, -0.2) is 23.9 Å². The number of hydrogen-bond acceptors (Lipinski definition) is 1. The van der Waals surface area contributed by atoms with Gasteiger partial charge in [0.05, 0.1) is 0 Å². The van der Waals surface area contributed by atoms with E-state index in [9.17, 15) is 4.79 Å². The van der Waals surface area contributed by atoms with Gasteiger partial charge in [0.25, 0.3) is 5.91 Å². The fourth-order valence-corrected chi connectivity index (χ4v) is 2.21. The number of benzene rings is 1. The Morgan fingerprint density at radius 2 is 1.61 bits per heavy atom. The summed E-state index contributed by atoms with van der Waals surface area (Å²) in [7, 11) is 0. The molecule has 0 N–H and O–H groups in total. The second-order valence-corrected chi connectivity index (χ2v) is 5.02. The maximum Gasteiger partial charge on any atom is 0.253 e. The highest BCUT2D eigenvalue weighted by Crippen LogP contribution is 2.12. The van der Waals surface area contributed by atoms with Crippen molar-refractivity contribution >= 4 is 5.91 Å². The van der Waals surface area contributed by atoms with Crippen LogP contribution in [0.25, 0.3) is 0 Å². The Bertz CT molecular complexity index is 378. The van der Waals surface area contributed by atoms with E-state index in [4.69, 9.17) is 0 Å². The van der Waals surface area contributed by atoms with Gasteiger partial charge in [-0.3, -0.25) is 4.79 Å². The van der Waals surface area contributed by atoms with Crippen molar-refractivity contribution in [3.05, 3.63) is 34.9 Å². The molecule has 0 bridgehead atoms. The Labute approximate surface area is 111 Å². The molecule has 0 radical (unpaired) electrons. The molecule has 2 heteroatoms. The van der Waals surface area contributed by atoms with Gasteiger partial charge in [0.15, 0.2) is 0 Å². The molecule has 0 fully saturated rings. The first kappa shape index (κ1) is 14.7. The van der Waals surface area contributed by atoms with E-state index in [1.807, 2.05) is 30.9 Å². The van der Waals surface area contributed by atoms with Crippen molar-refractivity contribution in [2.45, 2.75) is 47.0 Å². The van der Waals surface area contributed by atoms with Crippen molar-refractivity contribution in [3.63, 3.8) is 0 Å².